The highest BCUT2D eigenvalue weighted by atomic mass is 32.2. The fourth-order valence-electron chi connectivity index (χ4n) is 1.40. The summed E-state index contributed by atoms with van der Waals surface area (Å²) in [6, 6.07) is 3.81. The summed E-state index contributed by atoms with van der Waals surface area (Å²) in [6.45, 7) is 0.342. The van der Waals surface area contributed by atoms with Gasteiger partial charge in [-0.25, -0.2) is 13.2 Å². The molecule has 0 aliphatic rings. The molecule has 0 fully saturated rings. The van der Waals surface area contributed by atoms with Crippen LogP contribution in [0.2, 0.25) is 0 Å². The first-order valence-corrected chi connectivity index (χ1v) is 7.13. The Kier molecular flexibility index (Phi) is 5.13. The summed E-state index contributed by atoms with van der Waals surface area (Å²) in [6.07, 6.45) is 0.360. The van der Waals surface area contributed by atoms with E-state index in [1.165, 1.54) is 25.3 Å². The van der Waals surface area contributed by atoms with Gasteiger partial charge in [-0.05, 0) is 24.6 Å². The monoisotopic (exact) mass is 288 g/mol. The summed E-state index contributed by atoms with van der Waals surface area (Å²) in [5.74, 6) is -1.22. The van der Waals surface area contributed by atoms with Crippen LogP contribution in [-0.2, 0) is 14.8 Å². The lowest BCUT2D eigenvalue weighted by Gasteiger charge is -2.10. The number of nitrogen functional groups attached to an aromatic ring is 1. The Morgan fingerprint density at radius 2 is 2.16 bits per heavy atom. The van der Waals surface area contributed by atoms with E-state index >= 15 is 0 Å². The number of carbonyl (C=O) groups is 1. The largest absolute Gasteiger partial charge is 0.478 e. The van der Waals surface area contributed by atoms with Crippen molar-refractivity contribution in [2.45, 2.75) is 6.42 Å². The van der Waals surface area contributed by atoms with Gasteiger partial charge in [-0.1, -0.05) is 0 Å². The molecule has 0 amide bonds. The number of ether oxygens (including phenoxy) is 1. The van der Waals surface area contributed by atoms with Gasteiger partial charge in [-0.15, -0.1) is 0 Å². The standard InChI is InChI=1S/C11H16N2O5S/c1-18-5-2-6-19(16,17)13-10-4-3-8(11(14)15)7-9(10)12/h3-4,7,13H,2,5-6,12H2,1H3,(H,14,15). The first-order chi connectivity index (χ1) is 8.85. The number of anilines is 2. The van der Waals surface area contributed by atoms with Gasteiger partial charge in [0, 0.05) is 13.7 Å². The van der Waals surface area contributed by atoms with Crippen LogP contribution in [0.15, 0.2) is 18.2 Å². The highest BCUT2D eigenvalue weighted by Crippen LogP contribution is 2.21. The Bertz CT molecular complexity index is 556. The van der Waals surface area contributed by atoms with Crippen LogP contribution in [0.25, 0.3) is 0 Å². The summed E-state index contributed by atoms with van der Waals surface area (Å²) in [5, 5.41) is 8.77. The third-order valence-corrected chi connectivity index (χ3v) is 3.68. The van der Waals surface area contributed by atoms with Gasteiger partial charge in [-0.3, -0.25) is 4.72 Å². The van der Waals surface area contributed by atoms with Crippen LogP contribution in [0, 0.1) is 0 Å². The molecule has 0 radical (unpaired) electrons. The minimum atomic E-state index is -3.52. The van der Waals surface area contributed by atoms with Gasteiger partial charge in [0.1, 0.15) is 0 Å². The second-order valence-electron chi connectivity index (χ2n) is 3.87. The van der Waals surface area contributed by atoms with Crippen molar-refractivity contribution >= 4 is 27.4 Å². The van der Waals surface area contributed by atoms with E-state index in [0.29, 0.717) is 13.0 Å². The maximum atomic E-state index is 11.7. The SMILES string of the molecule is COCCCS(=O)(=O)Nc1ccc(C(=O)O)cc1N. The van der Waals surface area contributed by atoms with E-state index in [9.17, 15) is 13.2 Å². The fraction of sp³-hybridized carbons (Fsp3) is 0.364. The number of nitrogens with two attached hydrogens (primary N) is 1. The van der Waals surface area contributed by atoms with Crippen LogP contribution in [-0.4, -0.2) is 39.0 Å². The first-order valence-electron chi connectivity index (χ1n) is 5.48. The van der Waals surface area contributed by atoms with Crippen molar-refractivity contribution in [1.82, 2.24) is 0 Å². The number of carboxylic acids is 1. The van der Waals surface area contributed by atoms with Crippen LogP contribution in [0.3, 0.4) is 0 Å². The Hall–Kier alpha value is -1.80. The van der Waals surface area contributed by atoms with E-state index in [1.54, 1.807) is 0 Å². The third-order valence-electron chi connectivity index (χ3n) is 2.33. The second kappa shape index (κ2) is 6.39. The van der Waals surface area contributed by atoms with E-state index < -0.39 is 16.0 Å². The van der Waals surface area contributed by atoms with E-state index in [-0.39, 0.29) is 22.7 Å². The number of sulfonamides is 1. The molecule has 0 unspecified atom stereocenters. The average molecular weight is 288 g/mol. The Morgan fingerprint density at radius 1 is 1.47 bits per heavy atom. The molecule has 0 aromatic heterocycles. The quantitative estimate of drug-likeness (QED) is 0.503. The molecule has 0 heterocycles. The van der Waals surface area contributed by atoms with Crippen molar-refractivity contribution in [2.24, 2.45) is 0 Å². The summed E-state index contributed by atoms with van der Waals surface area (Å²) < 4.78 is 30.5. The molecule has 106 valence electrons. The predicted octanol–water partition coefficient (Wildman–Crippen LogP) is 0.745. The van der Waals surface area contributed by atoms with Crippen molar-refractivity contribution in [3.8, 4) is 0 Å². The maximum Gasteiger partial charge on any atom is 0.335 e. The molecule has 0 saturated carbocycles. The minimum absolute atomic E-state index is 0.000157. The van der Waals surface area contributed by atoms with Gasteiger partial charge < -0.3 is 15.6 Å². The van der Waals surface area contributed by atoms with Gasteiger partial charge in [0.15, 0.2) is 0 Å². The molecule has 0 aliphatic heterocycles. The summed E-state index contributed by atoms with van der Waals surface area (Å²) in [4.78, 5) is 10.7. The van der Waals surface area contributed by atoms with Crippen molar-refractivity contribution in [3.05, 3.63) is 23.8 Å². The Morgan fingerprint density at radius 3 is 2.68 bits per heavy atom. The predicted molar refractivity (Wildman–Crippen MR) is 71.7 cm³/mol. The molecule has 0 atom stereocenters. The van der Waals surface area contributed by atoms with Gasteiger partial charge in [0.2, 0.25) is 10.0 Å². The Balaban J connectivity index is 2.79. The van der Waals surface area contributed by atoms with Crippen molar-refractivity contribution in [3.63, 3.8) is 0 Å². The second-order valence-corrected chi connectivity index (χ2v) is 5.72. The van der Waals surface area contributed by atoms with Crippen LogP contribution in [0.5, 0.6) is 0 Å². The Labute approximate surface area is 111 Å². The van der Waals surface area contributed by atoms with Crippen LogP contribution in [0.1, 0.15) is 16.8 Å². The number of carboxylic acid groups (broad SMARTS) is 1. The van der Waals surface area contributed by atoms with Gasteiger partial charge in [0.05, 0.1) is 22.7 Å². The highest BCUT2D eigenvalue weighted by molar-refractivity contribution is 7.92. The molecule has 0 bridgehead atoms. The molecule has 8 heteroatoms. The minimum Gasteiger partial charge on any atom is -0.478 e. The molecule has 0 saturated heterocycles. The molecule has 19 heavy (non-hydrogen) atoms. The van der Waals surface area contributed by atoms with Crippen molar-refractivity contribution < 1.29 is 23.1 Å². The third kappa shape index (κ3) is 4.76. The highest BCUT2D eigenvalue weighted by Gasteiger charge is 2.13. The van der Waals surface area contributed by atoms with E-state index in [1.807, 2.05) is 0 Å². The van der Waals surface area contributed by atoms with Crippen LogP contribution >= 0.6 is 0 Å². The smallest absolute Gasteiger partial charge is 0.335 e. The van der Waals surface area contributed by atoms with Crippen molar-refractivity contribution in [2.75, 3.05) is 29.9 Å². The van der Waals surface area contributed by atoms with E-state index in [4.69, 9.17) is 15.6 Å². The molecular formula is C11H16N2O5S. The number of methoxy groups -OCH3 is 1. The molecule has 0 spiro atoms. The zero-order valence-corrected chi connectivity index (χ0v) is 11.2. The average Bonchev–Trinajstić information content (AvgIpc) is 2.31. The van der Waals surface area contributed by atoms with Crippen LogP contribution < -0.4 is 10.5 Å². The number of aromatic carboxylic acids is 1. The zero-order valence-electron chi connectivity index (χ0n) is 10.4. The van der Waals surface area contributed by atoms with E-state index in [0.717, 1.165) is 0 Å². The zero-order chi connectivity index (χ0) is 14.5. The molecule has 1 aromatic rings. The van der Waals surface area contributed by atoms with Gasteiger partial charge >= 0.3 is 5.97 Å². The number of rotatable bonds is 7. The van der Waals surface area contributed by atoms with Gasteiger partial charge in [0.25, 0.3) is 0 Å². The van der Waals surface area contributed by atoms with Crippen LogP contribution in [0.4, 0.5) is 11.4 Å². The lowest BCUT2D eigenvalue weighted by Crippen LogP contribution is -2.18. The normalized spacial score (nSPS) is 11.2. The number of hydrogen-bond acceptors (Lipinski definition) is 5. The van der Waals surface area contributed by atoms with Gasteiger partial charge in [-0.2, -0.15) is 0 Å². The molecule has 4 N–H and O–H groups in total. The fourth-order valence-corrected chi connectivity index (χ4v) is 2.52. The lowest BCUT2D eigenvalue weighted by molar-refractivity contribution is 0.0697. The van der Waals surface area contributed by atoms with E-state index in [2.05, 4.69) is 4.72 Å². The molecule has 1 rings (SSSR count). The summed E-state index contributed by atoms with van der Waals surface area (Å²) >= 11 is 0. The number of benzene rings is 1. The molecule has 1 aromatic carbocycles. The lowest BCUT2D eigenvalue weighted by atomic mass is 10.2. The first kappa shape index (κ1) is 15.3. The topological polar surface area (TPSA) is 119 Å². The number of hydrogen-bond donors (Lipinski definition) is 3. The summed E-state index contributed by atoms with van der Waals surface area (Å²) in [5.41, 5.74) is 5.84. The number of nitrogens with one attached hydrogen (secondary N) is 1. The molecule has 7 nitrogen and oxygen atoms in total. The molecule has 0 aliphatic carbocycles. The molecular weight excluding hydrogens is 272 g/mol. The van der Waals surface area contributed by atoms with Crippen molar-refractivity contribution in [1.29, 1.82) is 0 Å². The summed E-state index contributed by atoms with van der Waals surface area (Å²) in [7, 11) is -2.03. The maximum absolute atomic E-state index is 11.7.